The zero-order valence-corrected chi connectivity index (χ0v) is 20.6. The van der Waals surface area contributed by atoms with Gasteiger partial charge in [0, 0.05) is 24.7 Å². The van der Waals surface area contributed by atoms with Gasteiger partial charge in [0.05, 0.1) is 33.3 Å². The second-order valence-electron chi connectivity index (χ2n) is 7.16. The van der Waals surface area contributed by atoms with Crippen molar-refractivity contribution >= 4 is 41.0 Å². The number of hydrogen-bond acceptors (Lipinski definition) is 8. The first kappa shape index (κ1) is 25.7. The number of carbonyl (C=O) groups excluding carboxylic acids is 3. The lowest BCUT2D eigenvalue weighted by molar-refractivity contribution is -0.123. The molecule has 0 unspecified atom stereocenters. The molecule has 0 aromatic heterocycles. The number of amides is 3. The van der Waals surface area contributed by atoms with Crippen LogP contribution < -0.4 is 24.3 Å². The Morgan fingerprint density at radius 3 is 2.26 bits per heavy atom. The minimum Gasteiger partial charge on any atom is -0.496 e. The standard InChI is InChI=1S/C25H26N2O7S/c1-31-18-8-6-5-7-17(18)9-10-22(28)26-11-12-27-24(29)21(35-25(27)30)15-16-13-19(32-2)23(34-4)20(14-16)33-3/h5-10,13-15H,11-12H2,1-4H3,(H,26,28)/b10-9+,21-15-. The largest absolute Gasteiger partial charge is 0.496 e. The summed E-state index contributed by atoms with van der Waals surface area (Å²) in [6, 6.07) is 10.7. The van der Waals surface area contributed by atoms with Crippen LogP contribution in [0.25, 0.3) is 12.2 Å². The van der Waals surface area contributed by atoms with E-state index in [9.17, 15) is 14.4 Å². The molecule has 3 amide bonds. The summed E-state index contributed by atoms with van der Waals surface area (Å²) in [5.74, 6) is 1.15. The van der Waals surface area contributed by atoms with E-state index in [0.717, 1.165) is 22.2 Å². The number of thioether (sulfide) groups is 1. The normalized spacial score (nSPS) is 14.5. The number of ether oxygens (including phenoxy) is 4. The van der Waals surface area contributed by atoms with Crippen molar-refractivity contribution in [3.63, 3.8) is 0 Å². The van der Waals surface area contributed by atoms with Gasteiger partial charge < -0.3 is 24.3 Å². The predicted molar refractivity (Wildman–Crippen MR) is 134 cm³/mol. The second kappa shape index (κ2) is 12.0. The van der Waals surface area contributed by atoms with E-state index in [1.165, 1.54) is 27.4 Å². The smallest absolute Gasteiger partial charge is 0.293 e. The van der Waals surface area contributed by atoms with Gasteiger partial charge in [-0.25, -0.2) is 0 Å². The summed E-state index contributed by atoms with van der Waals surface area (Å²) in [5.41, 5.74) is 1.37. The summed E-state index contributed by atoms with van der Waals surface area (Å²) >= 11 is 0.829. The van der Waals surface area contributed by atoms with E-state index in [0.29, 0.717) is 28.6 Å². The summed E-state index contributed by atoms with van der Waals surface area (Å²) < 4.78 is 21.2. The Kier molecular flexibility index (Phi) is 8.80. The quantitative estimate of drug-likeness (QED) is 0.496. The topological polar surface area (TPSA) is 103 Å². The fourth-order valence-corrected chi connectivity index (χ4v) is 4.21. The molecule has 0 aliphatic carbocycles. The number of methoxy groups -OCH3 is 4. The lowest BCUT2D eigenvalue weighted by Crippen LogP contribution is -2.36. The molecule has 9 nitrogen and oxygen atoms in total. The highest BCUT2D eigenvalue weighted by Crippen LogP contribution is 2.40. The molecule has 1 fully saturated rings. The highest BCUT2D eigenvalue weighted by Gasteiger charge is 2.34. The molecule has 1 saturated heterocycles. The van der Waals surface area contributed by atoms with Gasteiger partial charge >= 0.3 is 0 Å². The van der Waals surface area contributed by atoms with Crippen molar-refractivity contribution < 1.29 is 33.3 Å². The minimum absolute atomic E-state index is 0.0471. The van der Waals surface area contributed by atoms with Crippen LogP contribution in [0, 0.1) is 0 Å². The van der Waals surface area contributed by atoms with Crippen LogP contribution in [-0.2, 0) is 9.59 Å². The Balaban J connectivity index is 1.63. The van der Waals surface area contributed by atoms with Gasteiger partial charge in [-0.2, -0.15) is 0 Å². The summed E-state index contributed by atoms with van der Waals surface area (Å²) in [7, 11) is 6.04. The molecule has 1 aliphatic heterocycles. The molecule has 0 spiro atoms. The maximum Gasteiger partial charge on any atom is 0.293 e. The first-order chi connectivity index (χ1) is 16.9. The van der Waals surface area contributed by atoms with Gasteiger partial charge in [-0.05, 0) is 47.7 Å². The highest BCUT2D eigenvalue weighted by atomic mass is 32.2. The summed E-state index contributed by atoms with van der Waals surface area (Å²) in [6.45, 7) is 0.163. The first-order valence-corrected chi connectivity index (χ1v) is 11.4. The number of para-hydroxylation sites is 1. The van der Waals surface area contributed by atoms with Crippen molar-refractivity contribution in [3.05, 3.63) is 58.5 Å². The number of rotatable bonds is 10. The molecular formula is C25H26N2O7S. The molecule has 2 aromatic rings. The number of carbonyl (C=O) groups is 3. The third-order valence-electron chi connectivity index (χ3n) is 5.05. The van der Waals surface area contributed by atoms with Crippen LogP contribution in [0.5, 0.6) is 23.0 Å². The number of nitrogens with zero attached hydrogens (tertiary/aromatic N) is 1. The lowest BCUT2D eigenvalue weighted by Gasteiger charge is -2.13. The minimum atomic E-state index is -0.437. The van der Waals surface area contributed by atoms with Crippen LogP contribution in [0.4, 0.5) is 4.79 Å². The monoisotopic (exact) mass is 498 g/mol. The van der Waals surface area contributed by atoms with Crippen molar-refractivity contribution in [1.29, 1.82) is 0 Å². The number of benzene rings is 2. The molecule has 3 rings (SSSR count). The summed E-state index contributed by atoms with van der Waals surface area (Å²) in [4.78, 5) is 38.7. The Morgan fingerprint density at radius 1 is 0.971 bits per heavy atom. The molecule has 35 heavy (non-hydrogen) atoms. The van der Waals surface area contributed by atoms with Crippen LogP contribution in [0.15, 0.2) is 47.4 Å². The van der Waals surface area contributed by atoms with Crippen LogP contribution >= 0.6 is 11.8 Å². The molecule has 1 heterocycles. The van der Waals surface area contributed by atoms with E-state index < -0.39 is 11.1 Å². The zero-order valence-electron chi connectivity index (χ0n) is 19.8. The van der Waals surface area contributed by atoms with Gasteiger partial charge in [-0.15, -0.1) is 0 Å². The molecule has 0 saturated carbocycles. The Morgan fingerprint density at radius 2 is 1.63 bits per heavy atom. The molecule has 0 radical (unpaired) electrons. The van der Waals surface area contributed by atoms with E-state index in [4.69, 9.17) is 18.9 Å². The van der Waals surface area contributed by atoms with Gasteiger partial charge in [0.25, 0.3) is 11.1 Å². The first-order valence-electron chi connectivity index (χ1n) is 10.6. The number of hydrogen-bond donors (Lipinski definition) is 1. The van der Waals surface area contributed by atoms with Gasteiger partial charge in [0.1, 0.15) is 5.75 Å². The molecular weight excluding hydrogens is 472 g/mol. The molecule has 1 aliphatic rings. The third-order valence-corrected chi connectivity index (χ3v) is 5.95. The van der Waals surface area contributed by atoms with Crippen LogP contribution in [0.3, 0.4) is 0 Å². The third kappa shape index (κ3) is 6.15. The second-order valence-corrected chi connectivity index (χ2v) is 8.15. The summed E-state index contributed by atoms with van der Waals surface area (Å²) in [6.07, 6.45) is 4.59. The van der Waals surface area contributed by atoms with E-state index in [1.807, 2.05) is 18.2 Å². The zero-order chi connectivity index (χ0) is 25.4. The molecule has 2 aromatic carbocycles. The van der Waals surface area contributed by atoms with Crippen LogP contribution in [0.1, 0.15) is 11.1 Å². The van der Waals surface area contributed by atoms with Crippen molar-refractivity contribution in [2.75, 3.05) is 41.5 Å². The van der Waals surface area contributed by atoms with Crippen molar-refractivity contribution in [1.82, 2.24) is 10.2 Å². The molecule has 184 valence electrons. The van der Waals surface area contributed by atoms with E-state index in [2.05, 4.69) is 5.32 Å². The fraction of sp³-hybridized carbons (Fsp3) is 0.240. The lowest BCUT2D eigenvalue weighted by atomic mass is 10.1. The molecule has 10 heteroatoms. The Labute approximate surface area is 207 Å². The number of nitrogens with one attached hydrogen (secondary N) is 1. The average Bonchev–Trinajstić information content (AvgIpc) is 3.14. The molecule has 1 N–H and O–H groups in total. The van der Waals surface area contributed by atoms with Crippen molar-refractivity contribution in [2.45, 2.75) is 0 Å². The molecule has 0 atom stereocenters. The Hall–Kier alpha value is -3.92. The predicted octanol–water partition coefficient (Wildman–Crippen LogP) is 3.59. The maximum absolute atomic E-state index is 12.8. The molecule has 0 bridgehead atoms. The Bertz CT molecular complexity index is 1150. The van der Waals surface area contributed by atoms with Crippen LogP contribution in [0.2, 0.25) is 0 Å². The SMILES string of the molecule is COc1ccccc1/C=C/C(=O)NCCN1C(=O)S/C(=C\c2cc(OC)c(OC)c(OC)c2)C1=O. The van der Waals surface area contributed by atoms with E-state index >= 15 is 0 Å². The highest BCUT2D eigenvalue weighted by molar-refractivity contribution is 8.18. The van der Waals surface area contributed by atoms with Gasteiger partial charge in [-0.1, -0.05) is 18.2 Å². The van der Waals surface area contributed by atoms with Gasteiger partial charge in [0.2, 0.25) is 11.7 Å². The number of imide groups is 1. The summed E-state index contributed by atoms with van der Waals surface area (Å²) in [5, 5.41) is 2.27. The van der Waals surface area contributed by atoms with Crippen LogP contribution in [-0.4, -0.2) is 63.5 Å². The van der Waals surface area contributed by atoms with Gasteiger partial charge in [0.15, 0.2) is 11.5 Å². The van der Waals surface area contributed by atoms with Crippen molar-refractivity contribution in [2.24, 2.45) is 0 Å². The van der Waals surface area contributed by atoms with Gasteiger partial charge in [-0.3, -0.25) is 19.3 Å². The van der Waals surface area contributed by atoms with E-state index in [-0.39, 0.29) is 23.9 Å². The van der Waals surface area contributed by atoms with Crippen molar-refractivity contribution in [3.8, 4) is 23.0 Å². The maximum atomic E-state index is 12.8. The fourth-order valence-electron chi connectivity index (χ4n) is 3.35. The average molecular weight is 499 g/mol. The van der Waals surface area contributed by atoms with E-state index in [1.54, 1.807) is 37.5 Å².